The van der Waals surface area contributed by atoms with E-state index in [1.807, 2.05) is 12.1 Å². The molecule has 8 nitrogen and oxygen atoms in total. The van der Waals surface area contributed by atoms with Crippen LogP contribution in [-0.2, 0) is 17.6 Å². The highest BCUT2D eigenvalue weighted by molar-refractivity contribution is 7.09. The topological polar surface area (TPSA) is 91.0 Å². The van der Waals surface area contributed by atoms with Crippen LogP contribution < -0.4 is 10.5 Å². The van der Waals surface area contributed by atoms with Crippen molar-refractivity contribution in [1.82, 2.24) is 19.3 Å². The SMILES string of the molecule is CC(C)c1csc(CCc2ccn3c(=O)c(C=CC(=O)O)c(N4CCN(C)CC4)nc3c2)n1. The molecule has 0 amide bonds. The fourth-order valence-corrected chi connectivity index (χ4v) is 4.81. The van der Waals surface area contributed by atoms with Gasteiger partial charge in [-0.15, -0.1) is 11.3 Å². The van der Waals surface area contributed by atoms with Gasteiger partial charge in [0, 0.05) is 50.3 Å². The number of aliphatic carboxylic acids is 1. The molecule has 0 aromatic carbocycles. The van der Waals surface area contributed by atoms with Gasteiger partial charge in [-0.2, -0.15) is 0 Å². The number of pyridine rings is 1. The molecule has 4 rings (SSSR count). The van der Waals surface area contributed by atoms with Gasteiger partial charge in [0.25, 0.3) is 5.56 Å². The summed E-state index contributed by atoms with van der Waals surface area (Å²) in [7, 11) is 2.06. The maximum absolute atomic E-state index is 13.3. The van der Waals surface area contributed by atoms with Crippen LogP contribution in [0.3, 0.4) is 0 Å². The molecule has 1 aliphatic heterocycles. The number of aryl methyl sites for hydroxylation is 2. The lowest BCUT2D eigenvalue weighted by atomic mass is 10.1. The minimum absolute atomic E-state index is 0.264. The number of likely N-dealkylation sites (N-methyl/N-ethyl adjacent to an activating group) is 1. The van der Waals surface area contributed by atoms with Crippen molar-refractivity contribution in [1.29, 1.82) is 0 Å². The largest absolute Gasteiger partial charge is 0.478 e. The highest BCUT2D eigenvalue weighted by atomic mass is 32.1. The fourth-order valence-electron chi connectivity index (χ4n) is 3.85. The second-order valence-corrected chi connectivity index (χ2v) is 9.64. The first-order valence-electron chi connectivity index (χ1n) is 11.2. The van der Waals surface area contributed by atoms with Crippen molar-refractivity contribution in [2.75, 3.05) is 38.1 Å². The van der Waals surface area contributed by atoms with Gasteiger partial charge in [0.15, 0.2) is 0 Å². The highest BCUT2D eigenvalue weighted by Gasteiger charge is 2.21. The zero-order valence-corrected chi connectivity index (χ0v) is 20.0. The predicted molar refractivity (Wildman–Crippen MR) is 131 cm³/mol. The number of hydrogen-bond donors (Lipinski definition) is 1. The Morgan fingerprint density at radius 3 is 2.64 bits per heavy atom. The van der Waals surface area contributed by atoms with Crippen LogP contribution >= 0.6 is 11.3 Å². The van der Waals surface area contributed by atoms with Gasteiger partial charge in [-0.05, 0) is 43.2 Å². The summed E-state index contributed by atoms with van der Waals surface area (Å²) in [6.45, 7) is 7.46. The smallest absolute Gasteiger partial charge is 0.328 e. The molecule has 1 fully saturated rings. The monoisotopic (exact) mass is 467 g/mol. The van der Waals surface area contributed by atoms with Crippen LogP contribution in [0.25, 0.3) is 11.7 Å². The Balaban J connectivity index is 1.67. The van der Waals surface area contributed by atoms with Crippen molar-refractivity contribution >= 4 is 34.8 Å². The molecule has 1 N–H and O–H groups in total. The van der Waals surface area contributed by atoms with E-state index in [0.717, 1.165) is 61.4 Å². The van der Waals surface area contributed by atoms with E-state index in [2.05, 4.69) is 36.1 Å². The molecule has 1 saturated heterocycles. The van der Waals surface area contributed by atoms with Crippen molar-refractivity contribution in [3.8, 4) is 0 Å². The van der Waals surface area contributed by atoms with Gasteiger partial charge in [-0.3, -0.25) is 9.20 Å². The summed E-state index contributed by atoms with van der Waals surface area (Å²) in [6, 6.07) is 3.87. The number of anilines is 1. The second kappa shape index (κ2) is 9.84. The Kier molecular flexibility index (Phi) is 6.90. The Hall–Kier alpha value is -3.04. The van der Waals surface area contributed by atoms with E-state index in [1.54, 1.807) is 17.5 Å². The number of aromatic nitrogens is 3. The molecule has 3 aromatic rings. The highest BCUT2D eigenvalue weighted by Crippen LogP contribution is 2.22. The van der Waals surface area contributed by atoms with E-state index in [-0.39, 0.29) is 5.56 Å². The number of thiazole rings is 1. The van der Waals surface area contributed by atoms with E-state index < -0.39 is 5.97 Å². The zero-order chi connectivity index (χ0) is 23.5. The molecule has 4 heterocycles. The zero-order valence-electron chi connectivity index (χ0n) is 19.2. The summed E-state index contributed by atoms with van der Waals surface area (Å²) in [5, 5.41) is 12.3. The predicted octanol–water partition coefficient (Wildman–Crippen LogP) is 2.91. The molecular weight excluding hydrogens is 438 g/mol. The number of hydrogen-bond acceptors (Lipinski definition) is 7. The molecule has 3 aromatic heterocycles. The summed E-state index contributed by atoms with van der Waals surface area (Å²) in [4.78, 5) is 38.2. The third-order valence-electron chi connectivity index (χ3n) is 5.89. The number of rotatable bonds is 7. The summed E-state index contributed by atoms with van der Waals surface area (Å²) in [5.74, 6) is -0.129. The van der Waals surface area contributed by atoms with Gasteiger partial charge in [-0.1, -0.05) is 13.8 Å². The van der Waals surface area contributed by atoms with Crippen LogP contribution in [0.5, 0.6) is 0 Å². The Morgan fingerprint density at radius 2 is 1.97 bits per heavy atom. The standard InChI is InChI=1S/C24H29N5O3S/c1-16(2)19-15-33-21(25-19)6-4-17-8-9-29-20(14-17)26-23(28-12-10-27(3)11-13-28)18(24(29)32)5-7-22(30)31/h5,7-9,14-16H,4,6,10-13H2,1-3H3,(H,30,31). The number of carbonyl (C=O) groups is 1. The van der Waals surface area contributed by atoms with Gasteiger partial charge < -0.3 is 14.9 Å². The summed E-state index contributed by atoms with van der Waals surface area (Å²) in [5.41, 5.74) is 2.82. The van der Waals surface area contributed by atoms with E-state index in [4.69, 9.17) is 15.1 Å². The fraction of sp³-hybridized carbons (Fsp3) is 0.417. The second-order valence-electron chi connectivity index (χ2n) is 8.70. The maximum atomic E-state index is 13.3. The maximum Gasteiger partial charge on any atom is 0.328 e. The Morgan fingerprint density at radius 1 is 1.21 bits per heavy atom. The van der Waals surface area contributed by atoms with E-state index in [9.17, 15) is 9.59 Å². The first kappa shape index (κ1) is 23.1. The average molecular weight is 468 g/mol. The lowest BCUT2D eigenvalue weighted by Crippen LogP contribution is -2.45. The normalized spacial score (nSPS) is 15.2. The van der Waals surface area contributed by atoms with Gasteiger partial charge in [0.2, 0.25) is 0 Å². The van der Waals surface area contributed by atoms with E-state index in [0.29, 0.717) is 22.9 Å². The molecular formula is C24H29N5O3S. The van der Waals surface area contributed by atoms with Gasteiger partial charge in [0.05, 0.1) is 16.3 Å². The quantitative estimate of drug-likeness (QED) is 0.534. The van der Waals surface area contributed by atoms with Crippen LogP contribution in [-0.4, -0.2) is 63.6 Å². The van der Waals surface area contributed by atoms with Crippen molar-refractivity contribution in [2.45, 2.75) is 32.6 Å². The summed E-state index contributed by atoms with van der Waals surface area (Å²) < 4.78 is 1.49. The number of carboxylic acids is 1. The molecule has 33 heavy (non-hydrogen) atoms. The summed E-state index contributed by atoms with van der Waals surface area (Å²) >= 11 is 1.69. The molecule has 0 aliphatic carbocycles. The van der Waals surface area contributed by atoms with Crippen molar-refractivity contribution in [3.05, 3.63) is 62.0 Å². The van der Waals surface area contributed by atoms with E-state index >= 15 is 0 Å². The number of nitrogens with zero attached hydrogens (tertiary/aromatic N) is 5. The molecule has 1 aliphatic rings. The first-order valence-corrected chi connectivity index (χ1v) is 12.0. The third-order valence-corrected chi connectivity index (χ3v) is 6.82. The number of fused-ring (bicyclic) bond motifs is 1. The third kappa shape index (κ3) is 5.31. The summed E-state index contributed by atoms with van der Waals surface area (Å²) in [6.07, 6.45) is 5.73. The first-order chi connectivity index (χ1) is 15.8. The molecule has 0 saturated carbocycles. The van der Waals surface area contributed by atoms with Crippen molar-refractivity contribution in [3.63, 3.8) is 0 Å². The van der Waals surface area contributed by atoms with Gasteiger partial charge in [-0.25, -0.2) is 14.8 Å². The number of carboxylic acid groups (broad SMARTS) is 1. The lowest BCUT2D eigenvalue weighted by Gasteiger charge is -2.34. The van der Waals surface area contributed by atoms with Crippen LogP contribution in [0.4, 0.5) is 5.82 Å². The van der Waals surface area contributed by atoms with E-state index in [1.165, 1.54) is 10.5 Å². The van der Waals surface area contributed by atoms with Crippen LogP contribution in [0.1, 0.15) is 41.6 Å². The molecule has 174 valence electrons. The Labute approximate surface area is 196 Å². The Bertz CT molecular complexity index is 1240. The van der Waals surface area contributed by atoms with Gasteiger partial charge in [0.1, 0.15) is 11.5 Å². The molecule has 0 radical (unpaired) electrons. The van der Waals surface area contributed by atoms with Gasteiger partial charge >= 0.3 is 5.97 Å². The van der Waals surface area contributed by atoms with Crippen LogP contribution in [0, 0.1) is 0 Å². The molecule has 9 heteroatoms. The van der Waals surface area contributed by atoms with Crippen LogP contribution in [0.15, 0.2) is 34.6 Å². The molecule has 0 spiro atoms. The average Bonchev–Trinajstić information content (AvgIpc) is 3.27. The van der Waals surface area contributed by atoms with Crippen molar-refractivity contribution in [2.24, 2.45) is 0 Å². The number of piperazine rings is 1. The molecule has 0 unspecified atom stereocenters. The lowest BCUT2D eigenvalue weighted by molar-refractivity contribution is -0.131. The molecule has 0 atom stereocenters. The van der Waals surface area contributed by atoms with Crippen molar-refractivity contribution < 1.29 is 9.90 Å². The minimum Gasteiger partial charge on any atom is -0.478 e. The minimum atomic E-state index is -1.10. The van der Waals surface area contributed by atoms with Crippen LogP contribution in [0.2, 0.25) is 0 Å². The molecule has 0 bridgehead atoms.